The highest BCUT2D eigenvalue weighted by atomic mass is 79.9. The number of benzene rings is 1. The van der Waals surface area contributed by atoms with E-state index in [9.17, 15) is 14.3 Å². The highest BCUT2D eigenvalue weighted by Gasteiger charge is 2.42. The van der Waals surface area contributed by atoms with E-state index >= 15 is 0 Å². The average molecular weight is 357 g/mol. The summed E-state index contributed by atoms with van der Waals surface area (Å²) in [5, 5.41) is 9.71. The van der Waals surface area contributed by atoms with Crippen molar-refractivity contribution in [3.8, 4) is 0 Å². The van der Waals surface area contributed by atoms with Gasteiger partial charge < -0.3 is 5.11 Å². The van der Waals surface area contributed by atoms with Gasteiger partial charge in [-0.05, 0) is 67.7 Å². The molecule has 0 atom stereocenters. The number of rotatable bonds is 4. The van der Waals surface area contributed by atoms with E-state index in [1.54, 1.807) is 0 Å². The number of carboxylic acids is 1. The Morgan fingerprint density at radius 2 is 2.00 bits per heavy atom. The summed E-state index contributed by atoms with van der Waals surface area (Å²) < 4.78 is 14.2. The molecule has 0 radical (unpaired) electrons. The number of hydrogen-bond donors (Lipinski definition) is 1. The first-order valence-corrected chi connectivity index (χ1v) is 8.30. The van der Waals surface area contributed by atoms with E-state index in [1.165, 1.54) is 12.1 Å². The first-order chi connectivity index (χ1) is 9.82. The number of aliphatic carboxylic acids is 1. The van der Waals surface area contributed by atoms with Gasteiger partial charge in [0, 0.05) is 4.47 Å². The highest BCUT2D eigenvalue weighted by molar-refractivity contribution is 9.10. The highest BCUT2D eigenvalue weighted by Crippen LogP contribution is 2.44. The van der Waals surface area contributed by atoms with Gasteiger partial charge in [-0.25, -0.2) is 4.39 Å². The summed E-state index contributed by atoms with van der Waals surface area (Å²) >= 11 is 3.27. The molecule has 0 aromatic heterocycles. The Bertz CT molecular complexity index is 499. The van der Waals surface area contributed by atoms with Gasteiger partial charge in [-0.2, -0.15) is 0 Å². The van der Waals surface area contributed by atoms with Crippen LogP contribution < -0.4 is 0 Å². The molecule has 1 fully saturated rings. The third kappa shape index (κ3) is 3.85. The molecular weight excluding hydrogens is 335 g/mol. The second-order valence-electron chi connectivity index (χ2n) is 6.62. The molecule has 1 saturated carbocycles. The predicted octanol–water partition coefficient (Wildman–Crippen LogP) is 5.05. The monoisotopic (exact) mass is 356 g/mol. The minimum Gasteiger partial charge on any atom is -0.481 e. The molecule has 0 amide bonds. The molecule has 0 saturated heterocycles. The standard InChI is InChI=1S/C17H22BrFO2/c1-11(2)13-3-5-17(6-4-13,16(20)21)10-12-7-14(18)9-15(19)8-12/h7-9,11,13H,3-6,10H2,1-2H3,(H,20,21). The third-order valence-corrected chi connectivity index (χ3v) is 5.31. The lowest BCUT2D eigenvalue weighted by molar-refractivity contribution is -0.151. The van der Waals surface area contributed by atoms with Crippen LogP contribution in [0.3, 0.4) is 0 Å². The summed E-state index contributed by atoms with van der Waals surface area (Å²) in [5.41, 5.74) is 0.0193. The molecule has 1 aliphatic rings. The largest absolute Gasteiger partial charge is 0.481 e. The molecule has 21 heavy (non-hydrogen) atoms. The quantitative estimate of drug-likeness (QED) is 0.819. The van der Waals surface area contributed by atoms with Crippen LogP contribution >= 0.6 is 15.9 Å². The molecule has 0 unspecified atom stereocenters. The summed E-state index contributed by atoms with van der Waals surface area (Å²) in [6, 6.07) is 4.67. The maximum absolute atomic E-state index is 13.5. The summed E-state index contributed by atoms with van der Waals surface area (Å²) in [5.74, 6) is 0.137. The van der Waals surface area contributed by atoms with Gasteiger partial charge in [0.1, 0.15) is 5.82 Å². The maximum Gasteiger partial charge on any atom is 0.309 e. The summed E-state index contributed by atoms with van der Waals surface area (Å²) in [7, 11) is 0. The van der Waals surface area contributed by atoms with Crippen molar-refractivity contribution in [2.45, 2.75) is 46.0 Å². The molecule has 1 N–H and O–H groups in total. The SMILES string of the molecule is CC(C)C1CCC(Cc2cc(F)cc(Br)c2)(C(=O)O)CC1. The van der Waals surface area contributed by atoms with Crippen molar-refractivity contribution in [2.24, 2.45) is 17.3 Å². The van der Waals surface area contributed by atoms with Crippen LogP contribution in [0.5, 0.6) is 0 Å². The van der Waals surface area contributed by atoms with Crippen molar-refractivity contribution in [3.05, 3.63) is 34.1 Å². The normalized spacial score (nSPS) is 26.0. The minimum atomic E-state index is -0.745. The van der Waals surface area contributed by atoms with E-state index in [0.29, 0.717) is 35.6 Å². The fourth-order valence-corrected chi connectivity index (χ4v) is 3.94. The molecule has 1 aromatic carbocycles. The van der Waals surface area contributed by atoms with E-state index in [1.807, 2.05) is 6.07 Å². The van der Waals surface area contributed by atoms with Crippen molar-refractivity contribution in [1.29, 1.82) is 0 Å². The predicted molar refractivity (Wildman–Crippen MR) is 84.7 cm³/mol. The first kappa shape index (κ1) is 16.5. The smallest absolute Gasteiger partial charge is 0.309 e. The Balaban J connectivity index is 2.18. The van der Waals surface area contributed by atoms with Gasteiger partial charge in [-0.1, -0.05) is 29.8 Å². The van der Waals surface area contributed by atoms with E-state index < -0.39 is 11.4 Å². The fourth-order valence-electron chi connectivity index (χ4n) is 3.43. The molecule has 0 spiro atoms. The number of hydrogen-bond acceptors (Lipinski definition) is 1. The van der Waals surface area contributed by atoms with Gasteiger partial charge in [0.15, 0.2) is 0 Å². The van der Waals surface area contributed by atoms with Crippen LogP contribution in [0.1, 0.15) is 45.1 Å². The Labute approximate surface area is 133 Å². The van der Waals surface area contributed by atoms with Crippen molar-refractivity contribution < 1.29 is 14.3 Å². The Kier molecular flexibility index (Phi) is 5.07. The van der Waals surface area contributed by atoms with Crippen molar-refractivity contribution in [2.75, 3.05) is 0 Å². The molecule has 116 valence electrons. The van der Waals surface area contributed by atoms with E-state index in [4.69, 9.17) is 0 Å². The number of halogens is 2. The first-order valence-electron chi connectivity index (χ1n) is 7.51. The molecule has 2 nitrogen and oxygen atoms in total. The van der Waals surface area contributed by atoms with Gasteiger partial charge >= 0.3 is 5.97 Å². The van der Waals surface area contributed by atoms with Gasteiger partial charge in [0.2, 0.25) is 0 Å². The molecule has 1 aromatic rings. The molecule has 0 heterocycles. The zero-order chi connectivity index (χ0) is 15.6. The lowest BCUT2D eigenvalue weighted by atomic mass is 9.65. The van der Waals surface area contributed by atoms with Gasteiger partial charge in [-0.3, -0.25) is 4.79 Å². The zero-order valence-electron chi connectivity index (χ0n) is 12.5. The summed E-state index contributed by atoms with van der Waals surface area (Å²) in [6.07, 6.45) is 3.66. The molecule has 4 heteroatoms. The van der Waals surface area contributed by atoms with E-state index in [0.717, 1.165) is 18.4 Å². The molecule has 0 bridgehead atoms. The van der Waals surface area contributed by atoms with Crippen LogP contribution in [0, 0.1) is 23.1 Å². The van der Waals surface area contributed by atoms with Gasteiger partial charge in [0.05, 0.1) is 5.41 Å². The van der Waals surface area contributed by atoms with Crippen LogP contribution in [0.2, 0.25) is 0 Å². The van der Waals surface area contributed by atoms with Crippen LogP contribution in [-0.4, -0.2) is 11.1 Å². The summed E-state index contributed by atoms with van der Waals surface area (Å²) in [6.45, 7) is 4.39. The second-order valence-corrected chi connectivity index (χ2v) is 7.54. The van der Waals surface area contributed by atoms with Crippen molar-refractivity contribution >= 4 is 21.9 Å². The number of carbonyl (C=O) groups is 1. The second kappa shape index (κ2) is 6.47. The molecule has 2 rings (SSSR count). The molecular formula is C17H22BrFO2. The fraction of sp³-hybridized carbons (Fsp3) is 0.588. The minimum absolute atomic E-state index is 0.323. The molecule has 1 aliphatic carbocycles. The lowest BCUT2D eigenvalue weighted by Gasteiger charge is -2.38. The Morgan fingerprint density at radius 1 is 1.38 bits per heavy atom. The Morgan fingerprint density at radius 3 is 2.48 bits per heavy atom. The lowest BCUT2D eigenvalue weighted by Crippen LogP contribution is -2.38. The Hall–Kier alpha value is -0.900. The van der Waals surface area contributed by atoms with Crippen LogP contribution in [0.25, 0.3) is 0 Å². The zero-order valence-corrected chi connectivity index (χ0v) is 14.1. The summed E-state index contributed by atoms with van der Waals surface area (Å²) in [4.78, 5) is 11.8. The topological polar surface area (TPSA) is 37.3 Å². The van der Waals surface area contributed by atoms with Crippen LogP contribution in [0.15, 0.2) is 22.7 Å². The average Bonchev–Trinajstić information content (AvgIpc) is 2.37. The number of carboxylic acid groups (broad SMARTS) is 1. The molecule has 0 aliphatic heterocycles. The van der Waals surface area contributed by atoms with Crippen LogP contribution in [-0.2, 0) is 11.2 Å². The van der Waals surface area contributed by atoms with Gasteiger partial charge in [0.25, 0.3) is 0 Å². The van der Waals surface area contributed by atoms with E-state index in [2.05, 4.69) is 29.8 Å². The third-order valence-electron chi connectivity index (χ3n) is 4.85. The van der Waals surface area contributed by atoms with Gasteiger partial charge in [-0.15, -0.1) is 0 Å². The van der Waals surface area contributed by atoms with Crippen molar-refractivity contribution in [3.63, 3.8) is 0 Å². The maximum atomic E-state index is 13.5. The van der Waals surface area contributed by atoms with Crippen molar-refractivity contribution in [1.82, 2.24) is 0 Å². The van der Waals surface area contributed by atoms with E-state index in [-0.39, 0.29) is 5.82 Å². The van der Waals surface area contributed by atoms with Crippen LogP contribution in [0.4, 0.5) is 4.39 Å².